The van der Waals surface area contributed by atoms with Gasteiger partial charge in [-0.05, 0) is 54.5 Å². The number of carboxylic acids is 1. The highest BCUT2D eigenvalue weighted by Crippen LogP contribution is 2.26. The lowest BCUT2D eigenvalue weighted by atomic mass is 10.0. The summed E-state index contributed by atoms with van der Waals surface area (Å²) in [5.74, 6) is 0.237. The highest BCUT2D eigenvalue weighted by atomic mass is 32.1. The second-order valence-corrected chi connectivity index (χ2v) is 6.48. The lowest BCUT2D eigenvalue weighted by Gasteiger charge is -2.06. The third kappa shape index (κ3) is 5.05. The number of carboxylic acid groups (broad SMARTS) is 1. The Balaban J connectivity index is 1.57. The summed E-state index contributed by atoms with van der Waals surface area (Å²) in [5.41, 5.74) is 5.77. The van der Waals surface area contributed by atoms with Crippen LogP contribution in [0.1, 0.15) is 27.2 Å². The van der Waals surface area contributed by atoms with E-state index >= 15 is 0 Å². The molecule has 0 saturated carbocycles. The molecule has 0 aliphatic rings. The quantitative estimate of drug-likeness (QED) is 0.334. The number of hydrogen-bond acceptors (Lipinski definition) is 4. The maximum Gasteiger partial charge on any atom is 0.335 e. The highest BCUT2D eigenvalue weighted by molar-refractivity contribution is 7.80. The van der Waals surface area contributed by atoms with Crippen molar-refractivity contribution in [2.24, 2.45) is 5.10 Å². The Morgan fingerprint density at radius 2 is 1.96 bits per heavy atom. The summed E-state index contributed by atoms with van der Waals surface area (Å²) in [6, 6.07) is 18.4. The van der Waals surface area contributed by atoms with Gasteiger partial charge in [-0.3, -0.25) is 5.43 Å². The van der Waals surface area contributed by atoms with Crippen LogP contribution < -0.4 is 10.7 Å². The van der Waals surface area contributed by atoms with E-state index in [1.54, 1.807) is 24.3 Å². The molecule has 0 saturated heterocycles. The van der Waals surface area contributed by atoms with Gasteiger partial charge in [-0.2, -0.15) is 5.10 Å². The Morgan fingerprint density at radius 1 is 1.18 bits per heavy atom. The van der Waals surface area contributed by atoms with Crippen LogP contribution in [0.5, 0.6) is 0 Å². The number of rotatable bonds is 6. The van der Waals surface area contributed by atoms with Crippen LogP contribution in [-0.2, 0) is 6.54 Å². The maximum atomic E-state index is 11.0. The number of hydrazone groups is 1. The van der Waals surface area contributed by atoms with Crippen molar-refractivity contribution in [1.82, 2.24) is 10.7 Å². The summed E-state index contributed by atoms with van der Waals surface area (Å²) in [6.07, 6.45) is 1.53. The Labute approximate surface area is 167 Å². The first kappa shape index (κ1) is 19.3. The number of nitrogens with zero attached hydrogens (tertiary/aromatic N) is 1. The van der Waals surface area contributed by atoms with Crippen LogP contribution in [-0.4, -0.2) is 22.4 Å². The molecule has 0 spiro atoms. The van der Waals surface area contributed by atoms with Gasteiger partial charge in [0.05, 0.1) is 11.8 Å². The van der Waals surface area contributed by atoms with Gasteiger partial charge < -0.3 is 14.8 Å². The van der Waals surface area contributed by atoms with Crippen molar-refractivity contribution in [3.63, 3.8) is 0 Å². The molecule has 0 fully saturated rings. The molecule has 0 bridgehead atoms. The predicted octanol–water partition coefficient (Wildman–Crippen LogP) is 3.95. The molecule has 0 atom stereocenters. The number of aromatic carboxylic acids is 1. The van der Waals surface area contributed by atoms with Gasteiger partial charge >= 0.3 is 5.97 Å². The molecule has 2 aromatic carbocycles. The van der Waals surface area contributed by atoms with Gasteiger partial charge in [0, 0.05) is 12.1 Å². The molecule has 1 aromatic heterocycles. The molecule has 3 rings (SSSR count). The molecular formula is C21H19N3O3S. The van der Waals surface area contributed by atoms with E-state index in [0.29, 0.717) is 23.2 Å². The van der Waals surface area contributed by atoms with Gasteiger partial charge in [-0.25, -0.2) is 4.79 Å². The smallest absolute Gasteiger partial charge is 0.335 e. The molecular weight excluding hydrogens is 374 g/mol. The van der Waals surface area contributed by atoms with E-state index in [2.05, 4.69) is 15.8 Å². The van der Waals surface area contributed by atoms with E-state index in [1.165, 1.54) is 6.21 Å². The van der Waals surface area contributed by atoms with E-state index in [-0.39, 0.29) is 5.56 Å². The number of nitrogens with one attached hydrogen (secondary N) is 2. The molecule has 0 unspecified atom stereocenters. The summed E-state index contributed by atoms with van der Waals surface area (Å²) in [7, 11) is 0. The Kier molecular flexibility index (Phi) is 6.18. The lowest BCUT2D eigenvalue weighted by Crippen LogP contribution is -2.31. The van der Waals surface area contributed by atoms with E-state index in [1.807, 2.05) is 43.3 Å². The number of hydrogen-bond donors (Lipinski definition) is 3. The minimum absolute atomic E-state index is 0.246. The fourth-order valence-corrected chi connectivity index (χ4v) is 2.74. The molecule has 0 radical (unpaired) electrons. The minimum Gasteiger partial charge on any atom is -0.478 e. The number of thiocarbonyl (C=S) groups is 1. The Hall–Kier alpha value is -3.45. The third-order valence-electron chi connectivity index (χ3n) is 4.02. The molecule has 0 aliphatic heterocycles. The Morgan fingerprint density at radius 3 is 2.68 bits per heavy atom. The first-order chi connectivity index (χ1) is 13.5. The van der Waals surface area contributed by atoms with Crippen molar-refractivity contribution < 1.29 is 14.3 Å². The van der Waals surface area contributed by atoms with Crippen molar-refractivity contribution >= 4 is 29.5 Å². The number of carbonyl (C=O) groups is 1. The molecule has 142 valence electrons. The second kappa shape index (κ2) is 8.96. The SMILES string of the molecule is Cc1cc(C(=O)O)ccc1-c1ccc(/C=N\NC(=S)NCc2ccccc2)o1. The van der Waals surface area contributed by atoms with E-state index in [9.17, 15) is 4.79 Å². The maximum absolute atomic E-state index is 11.0. The molecule has 7 heteroatoms. The van der Waals surface area contributed by atoms with Crippen molar-refractivity contribution in [2.75, 3.05) is 0 Å². The van der Waals surface area contributed by atoms with E-state index < -0.39 is 5.97 Å². The molecule has 6 nitrogen and oxygen atoms in total. The average Bonchev–Trinajstić information content (AvgIpc) is 3.15. The first-order valence-electron chi connectivity index (χ1n) is 8.58. The zero-order valence-electron chi connectivity index (χ0n) is 15.2. The van der Waals surface area contributed by atoms with Gasteiger partial charge in [-0.1, -0.05) is 36.4 Å². The van der Waals surface area contributed by atoms with Crippen LogP contribution in [0.4, 0.5) is 0 Å². The predicted molar refractivity (Wildman–Crippen MR) is 112 cm³/mol. The number of aryl methyl sites for hydroxylation is 1. The summed E-state index contributed by atoms with van der Waals surface area (Å²) >= 11 is 5.19. The lowest BCUT2D eigenvalue weighted by molar-refractivity contribution is 0.0697. The summed E-state index contributed by atoms with van der Waals surface area (Å²) in [4.78, 5) is 11.0. The largest absolute Gasteiger partial charge is 0.478 e. The molecule has 1 heterocycles. The number of benzene rings is 2. The van der Waals surface area contributed by atoms with Crippen LogP contribution in [0.3, 0.4) is 0 Å². The van der Waals surface area contributed by atoms with Gasteiger partial charge in [-0.15, -0.1) is 0 Å². The van der Waals surface area contributed by atoms with Gasteiger partial charge in [0.25, 0.3) is 0 Å². The van der Waals surface area contributed by atoms with Gasteiger partial charge in [0.2, 0.25) is 0 Å². The summed E-state index contributed by atoms with van der Waals surface area (Å²) < 4.78 is 5.76. The fourth-order valence-electron chi connectivity index (χ4n) is 2.61. The van der Waals surface area contributed by atoms with Gasteiger partial charge in [0.15, 0.2) is 5.11 Å². The van der Waals surface area contributed by atoms with Crippen LogP contribution >= 0.6 is 12.2 Å². The minimum atomic E-state index is -0.954. The zero-order valence-corrected chi connectivity index (χ0v) is 16.0. The molecule has 3 aromatic rings. The molecule has 3 N–H and O–H groups in total. The Bertz CT molecular complexity index is 1010. The topological polar surface area (TPSA) is 86.9 Å². The first-order valence-corrected chi connectivity index (χ1v) is 8.99. The normalized spacial score (nSPS) is 10.8. The van der Waals surface area contributed by atoms with E-state index in [4.69, 9.17) is 21.7 Å². The number of furan rings is 1. The van der Waals surface area contributed by atoms with Crippen LogP contribution in [0.15, 0.2) is 70.2 Å². The monoisotopic (exact) mass is 393 g/mol. The fraction of sp³-hybridized carbons (Fsp3) is 0.0952. The van der Waals surface area contributed by atoms with E-state index in [0.717, 1.165) is 16.7 Å². The average molecular weight is 393 g/mol. The molecule has 0 amide bonds. The van der Waals surface area contributed by atoms with Crippen LogP contribution in [0, 0.1) is 6.92 Å². The molecule has 28 heavy (non-hydrogen) atoms. The zero-order chi connectivity index (χ0) is 19.9. The second-order valence-electron chi connectivity index (χ2n) is 6.08. The van der Waals surface area contributed by atoms with Crippen molar-refractivity contribution in [3.05, 3.63) is 83.1 Å². The molecule has 0 aliphatic carbocycles. The third-order valence-corrected chi connectivity index (χ3v) is 4.26. The van der Waals surface area contributed by atoms with Crippen molar-refractivity contribution in [2.45, 2.75) is 13.5 Å². The summed E-state index contributed by atoms with van der Waals surface area (Å²) in [5, 5.41) is 16.6. The van der Waals surface area contributed by atoms with Crippen LogP contribution in [0.25, 0.3) is 11.3 Å². The summed E-state index contributed by atoms with van der Waals surface area (Å²) in [6.45, 7) is 2.45. The van der Waals surface area contributed by atoms with Crippen molar-refractivity contribution in [1.29, 1.82) is 0 Å². The van der Waals surface area contributed by atoms with Gasteiger partial charge in [0.1, 0.15) is 11.5 Å². The van der Waals surface area contributed by atoms with Crippen molar-refractivity contribution in [3.8, 4) is 11.3 Å². The highest BCUT2D eigenvalue weighted by Gasteiger charge is 2.10. The standard InChI is InChI=1S/C21H19N3O3S/c1-14-11-16(20(25)26)7-9-18(14)19-10-8-17(27-19)13-23-24-21(28)22-12-15-5-3-2-4-6-15/h2-11,13H,12H2,1H3,(H,25,26)(H2,22,24,28)/b23-13-. The van der Waals surface area contributed by atoms with Crippen LogP contribution in [0.2, 0.25) is 0 Å².